The fourth-order valence-electron chi connectivity index (χ4n) is 4.67. The van der Waals surface area contributed by atoms with Crippen molar-refractivity contribution in [3.8, 4) is 0 Å². The van der Waals surface area contributed by atoms with Gasteiger partial charge in [-0.2, -0.15) is 0 Å². The number of quaternary nitrogens is 2. The summed E-state index contributed by atoms with van der Waals surface area (Å²) in [4.78, 5) is 15.0. The monoisotopic (exact) mass is 429 g/mol. The van der Waals surface area contributed by atoms with Gasteiger partial charge in [0.1, 0.15) is 6.54 Å². The Labute approximate surface area is 191 Å². The number of hydrogen-bond donors (Lipinski definition) is 3. The Morgan fingerprint density at radius 3 is 2.31 bits per heavy atom. The van der Waals surface area contributed by atoms with E-state index >= 15 is 0 Å². The van der Waals surface area contributed by atoms with Gasteiger partial charge in [0.2, 0.25) is 0 Å². The predicted octanol–water partition coefficient (Wildman–Crippen LogP) is 2.79. The van der Waals surface area contributed by atoms with Gasteiger partial charge in [0.05, 0.1) is 19.1 Å². The molecule has 1 aliphatic heterocycles. The average Bonchev–Trinajstić information content (AvgIpc) is 2.82. The number of amides is 1. The maximum Gasteiger partial charge on any atom is 0.287 e. The van der Waals surface area contributed by atoms with Crippen LogP contribution in [-0.4, -0.2) is 25.0 Å². The molecule has 0 radical (unpaired) electrons. The van der Waals surface area contributed by atoms with Crippen LogP contribution in [0.25, 0.3) is 0 Å². The number of piperidine rings is 1. The Morgan fingerprint density at radius 2 is 1.62 bits per heavy atom. The number of benzene rings is 3. The van der Waals surface area contributed by atoms with Gasteiger partial charge in [-0.25, -0.2) is 0 Å². The normalized spacial score (nSPS) is 19.3. The molecule has 166 valence electrons. The van der Waals surface area contributed by atoms with Crippen LogP contribution in [0.5, 0.6) is 0 Å². The number of rotatable bonds is 7. The van der Waals surface area contributed by atoms with Crippen molar-refractivity contribution in [3.63, 3.8) is 0 Å². The third-order valence-corrected chi connectivity index (χ3v) is 6.59. The first-order valence-corrected chi connectivity index (χ1v) is 11.7. The van der Waals surface area contributed by atoms with E-state index < -0.39 is 0 Å². The Balaban J connectivity index is 1.41. The lowest BCUT2D eigenvalue weighted by atomic mass is 9.99. The summed E-state index contributed by atoms with van der Waals surface area (Å²) >= 11 is 0. The van der Waals surface area contributed by atoms with Crippen molar-refractivity contribution in [2.24, 2.45) is 0 Å². The molecular weight excluding hydrogens is 394 g/mol. The van der Waals surface area contributed by atoms with E-state index in [1.165, 1.54) is 5.56 Å². The molecule has 0 bridgehead atoms. The van der Waals surface area contributed by atoms with Gasteiger partial charge >= 0.3 is 0 Å². The zero-order valence-corrected chi connectivity index (χ0v) is 19.2. The second-order valence-electron chi connectivity index (χ2n) is 9.14. The van der Waals surface area contributed by atoms with Crippen LogP contribution in [0.1, 0.15) is 41.1 Å². The number of carbonyl (C=O) groups excluding carboxylic acids is 1. The van der Waals surface area contributed by atoms with Crippen molar-refractivity contribution in [2.45, 2.75) is 45.3 Å². The van der Waals surface area contributed by atoms with Crippen molar-refractivity contribution in [1.29, 1.82) is 0 Å². The van der Waals surface area contributed by atoms with E-state index in [9.17, 15) is 4.79 Å². The molecule has 1 aliphatic rings. The summed E-state index contributed by atoms with van der Waals surface area (Å²) < 4.78 is 0. The average molecular weight is 430 g/mol. The number of aryl methyl sites for hydroxylation is 2. The Kier molecular flexibility index (Phi) is 7.35. The zero-order valence-electron chi connectivity index (χ0n) is 19.2. The molecule has 0 unspecified atom stereocenters. The molecule has 3 aromatic carbocycles. The van der Waals surface area contributed by atoms with Crippen LogP contribution < -0.4 is 15.5 Å². The number of nitrogens with two attached hydrogens (primary N) is 1. The van der Waals surface area contributed by atoms with Crippen molar-refractivity contribution in [2.75, 3.05) is 18.4 Å². The lowest BCUT2D eigenvalue weighted by Crippen LogP contribution is -3.13. The second-order valence-corrected chi connectivity index (χ2v) is 9.14. The molecule has 0 spiro atoms. The number of likely N-dealkylation sites (tertiary alicyclic amines) is 1. The molecule has 4 heteroatoms. The first-order valence-electron chi connectivity index (χ1n) is 11.7. The van der Waals surface area contributed by atoms with Gasteiger partial charge in [-0.05, 0) is 31.0 Å². The minimum absolute atomic E-state index is 0.0592. The molecule has 0 aliphatic carbocycles. The van der Waals surface area contributed by atoms with E-state index in [0.29, 0.717) is 6.04 Å². The summed E-state index contributed by atoms with van der Waals surface area (Å²) in [6.07, 6.45) is 2.25. The first-order chi connectivity index (χ1) is 15.6. The molecule has 32 heavy (non-hydrogen) atoms. The minimum Gasteiger partial charge on any atom is -0.331 e. The summed E-state index contributed by atoms with van der Waals surface area (Å²) in [6.45, 7) is 7.48. The fourth-order valence-corrected chi connectivity index (χ4v) is 4.67. The third kappa shape index (κ3) is 5.84. The number of hydrogen-bond acceptors (Lipinski definition) is 1. The molecular formula is C28H35N3O+2. The Hall–Kier alpha value is -2.95. The van der Waals surface area contributed by atoms with Gasteiger partial charge in [0.25, 0.3) is 5.91 Å². The van der Waals surface area contributed by atoms with Gasteiger partial charge < -0.3 is 15.5 Å². The fraction of sp³-hybridized carbons (Fsp3) is 0.321. The first kappa shape index (κ1) is 22.3. The molecule has 1 saturated heterocycles. The maximum absolute atomic E-state index is 13.4. The van der Waals surface area contributed by atoms with Gasteiger partial charge in [-0.15, -0.1) is 0 Å². The summed E-state index contributed by atoms with van der Waals surface area (Å²) in [5, 5.41) is 5.51. The molecule has 1 amide bonds. The number of anilines is 1. The summed E-state index contributed by atoms with van der Waals surface area (Å²) in [6, 6.07) is 27.4. The summed E-state index contributed by atoms with van der Waals surface area (Å²) in [5.41, 5.74) is 5.62. The Bertz CT molecular complexity index is 1010. The molecule has 1 heterocycles. The Morgan fingerprint density at radius 1 is 0.969 bits per heavy atom. The highest BCUT2D eigenvalue weighted by Crippen LogP contribution is 2.19. The lowest BCUT2D eigenvalue weighted by molar-refractivity contribution is -0.926. The molecule has 3 aromatic rings. The van der Waals surface area contributed by atoms with Crippen molar-refractivity contribution in [3.05, 3.63) is 101 Å². The van der Waals surface area contributed by atoms with Crippen molar-refractivity contribution < 1.29 is 15.0 Å². The minimum atomic E-state index is -0.239. The largest absolute Gasteiger partial charge is 0.331 e. The highest BCUT2D eigenvalue weighted by molar-refractivity contribution is 5.95. The number of nitrogens with one attached hydrogen (secondary N) is 2. The molecule has 1 atom stereocenters. The van der Waals surface area contributed by atoms with E-state index in [2.05, 4.69) is 78.2 Å². The van der Waals surface area contributed by atoms with Crippen LogP contribution in [0.15, 0.2) is 78.9 Å². The highest BCUT2D eigenvalue weighted by Gasteiger charge is 2.32. The van der Waals surface area contributed by atoms with Crippen LogP contribution in [0.2, 0.25) is 0 Å². The molecule has 4 N–H and O–H groups in total. The van der Waals surface area contributed by atoms with E-state index in [1.807, 2.05) is 25.1 Å². The molecule has 4 nitrogen and oxygen atoms in total. The van der Waals surface area contributed by atoms with Gasteiger partial charge in [0.15, 0.2) is 6.04 Å². The van der Waals surface area contributed by atoms with E-state index in [-0.39, 0.29) is 11.9 Å². The van der Waals surface area contributed by atoms with Crippen molar-refractivity contribution >= 4 is 11.6 Å². The lowest BCUT2D eigenvalue weighted by Gasteiger charge is -2.30. The smallest absolute Gasteiger partial charge is 0.287 e. The zero-order chi connectivity index (χ0) is 22.3. The topological polar surface area (TPSA) is 50.1 Å². The van der Waals surface area contributed by atoms with Crippen LogP contribution in [-0.2, 0) is 11.3 Å². The molecule has 0 aromatic heterocycles. The van der Waals surface area contributed by atoms with Crippen LogP contribution >= 0.6 is 0 Å². The molecule has 1 fully saturated rings. The van der Waals surface area contributed by atoms with E-state index in [1.54, 1.807) is 4.90 Å². The van der Waals surface area contributed by atoms with Crippen LogP contribution in [0.3, 0.4) is 0 Å². The second kappa shape index (κ2) is 10.6. The van der Waals surface area contributed by atoms with Crippen molar-refractivity contribution in [1.82, 2.24) is 0 Å². The van der Waals surface area contributed by atoms with E-state index in [4.69, 9.17) is 0 Å². The quantitative estimate of drug-likeness (QED) is 0.532. The SMILES string of the molecule is Cc1ccc(C)c(NC(=O)[C@@H]([NH2+]C2CC[NH+](Cc3ccccc3)CC2)c2ccccc2)c1. The standard InChI is InChI=1S/C28H33N3O/c1-21-13-14-22(2)26(19-21)30-28(32)27(24-11-7-4-8-12-24)29-25-15-17-31(18-16-25)20-23-9-5-3-6-10-23/h3-14,19,25,27,29H,15-18,20H2,1-2H3,(H,30,32)/p+2/t27-/m0/s1. The van der Waals surface area contributed by atoms with Crippen LogP contribution in [0.4, 0.5) is 5.69 Å². The van der Waals surface area contributed by atoms with Gasteiger partial charge in [-0.3, -0.25) is 4.79 Å². The van der Waals surface area contributed by atoms with E-state index in [0.717, 1.165) is 54.9 Å². The third-order valence-electron chi connectivity index (χ3n) is 6.59. The van der Waals surface area contributed by atoms with Gasteiger partial charge in [-0.1, -0.05) is 72.8 Å². The number of carbonyl (C=O) groups is 1. The predicted molar refractivity (Wildman–Crippen MR) is 130 cm³/mol. The highest BCUT2D eigenvalue weighted by atomic mass is 16.2. The maximum atomic E-state index is 13.4. The van der Waals surface area contributed by atoms with Crippen LogP contribution in [0, 0.1) is 13.8 Å². The molecule has 4 rings (SSSR count). The summed E-state index contributed by atoms with van der Waals surface area (Å²) in [7, 11) is 0. The van der Waals surface area contributed by atoms with Gasteiger partial charge in [0, 0.05) is 29.7 Å². The summed E-state index contributed by atoms with van der Waals surface area (Å²) in [5.74, 6) is 0.0592. The molecule has 0 saturated carbocycles.